The number of benzene rings is 1. The summed E-state index contributed by atoms with van der Waals surface area (Å²) in [4.78, 5) is 23.3. The molecule has 1 aromatic rings. The third-order valence-electron chi connectivity index (χ3n) is 3.56. The molecule has 8 heteroatoms. The molecule has 1 aliphatic carbocycles. The molecule has 120 valence electrons. The van der Waals surface area contributed by atoms with E-state index in [0.717, 1.165) is 25.0 Å². The first kappa shape index (κ1) is 16.4. The van der Waals surface area contributed by atoms with E-state index in [9.17, 15) is 22.4 Å². The molecule has 1 aliphatic rings. The highest BCUT2D eigenvalue weighted by atomic mass is 32.2. The minimum Gasteiger partial charge on any atom is -0.272 e. The lowest BCUT2D eigenvalue weighted by Gasteiger charge is -2.11. The molecular formula is C14H17FN2O4S. The lowest BCUT2D eigenvalue weighted by molar-refractivity contribution is -0.119. The molecule has 2 amide bonds. The van der Waals surface area contributed by atoms with Gasteiger partial charge < -0.3 is 0 Å². The summed E-state index contributed by atoms with van der Waals surface area (Å²) in [5.74, 6) is -2.57. The van der Waals surface area contributed by atoms with E-state index >= 15 is 0 Å². The van der Waals surface area contributed by atoms with Crippen molar-refractivity contribution in [1.82, 2.24) is 10.9 Å². The van der Waals surface area contributed by atoms with Gasteiger partial charge >= 0.3 is 0 Å². The molecule has 1 fully saturated rings. The van der Waals surface area contributed by atoms with E-state index in [0.29, 0.717) is 12.8 Å². The summed E-state index contributed by atoms with van der Waals surface area (Å²) in [5, 5.41) is -0.467. The van der Waals surface area contributed by atoms with E-state index < -0.39 is 38.5 Å². The van der Waals surface area contributed by atoms with Gasteiger partial charge in [-0.25, -0.2) is 12.8 Å². The molecule has 0 atom stereocenters. The second-order valence-corrected chi connectivity index (χ2v) is 7.50. The number of hydrazine groups is 1. The average molecular weight is 328 g/mol. The van der Waals surface area contributed by atoms with Crippen molar-refractivity contribution in [3.05, 3.63) is 35.6 Å². The SMILES string of the molecule is O=C(CS(=O)(=O)C1CCCC1)NNC(=O)c1ccc(F)cc1. The van der Waals surface area contributed by atoms with Crippen molar-refractivity contribution in [2.24, 2.45) is 0 Å². The zero-order valence-corrected chi connectivity index (χ0v) is 12.7. The van der Waals surface area contributed by atoms with Gasteiger partial charge in [-0.05, 0) is 37.1 Å². The second-order valence-electron chi connectivity index (χ2n) is 5.22. The van der Waals surface area contributed by atoms with Gasteiger partial charge in [0.05, 0.1) is 5.25 Å². The number of hydrogen-bond donors (Lipinski definition) is 2. The zero-order chi connectivity index (χ0) is 16.2. The molecule has 0 heterocycles. The van der Waals surface area contributed by atoms with Crippen LogP contribution in [0.1, 0.15) is 36.0 Å². The smallest absolute Gasteiger partial charge is 0.269 e. The summed E-state index contributed by atoms with van der Waals surface area (Å²) in [7, 11) is -3.49. The summed E-state index contributed by atoms with van der Waals surface area (Å²) in [6.07, 6.45) is 2.87. The monoisotopic (exact) mass is 328 g/mol. The molecule has 1 saturated carbocycles. The van der Waals surface area contributed by atoms with Gasteiger partial charge in [0, 0.05) is 5.56 Å². The topological polar surface area (TPSA) is 92.3 Å². The van der Waals surface area contributed by atoms with Gasteiger partial charge in [-0.3, -0.25) is 20.4 Å². The molecule has 0 radical (unpaired) electrons. The Labute approximate surface area is 128 Å². The fourth-order valence-corrected chi connectivity index (χ4v) is 4.11. The summed E-state index contributed by atoms with van der Waals surface area (Å²) in [6, 6.07) is 4.74. The van der Waals surface area contributed by atoms with Crippen LogP contribution in [0.25, 0.3) is 0 Å². The second kappa shape index (κ2) is 6.87. The minimum absolute atomic E-state index is 0.153. The quantitative estimate of drug-likeness (QED) is 0.805. The van der Waals surface area contributed by atoms with E-state index in [4.69, 9.17) is 0 Å². The van der Waals surface area contributed by atoms with E-state index in [2.05, 4.69) is 10.9 Å². The third-order valence-corrected chi connectivity index (χ3v) is 5.72. The largest absolute Gasteiger partial charge is 0.272 e. The minimum atomic E-state index is -3.49. The highest BCUT2D eigenvalue weighted by Crippen LogP contribution is 2.24. The molecular weight excluding hydrogens is 311 g/mol. The van der Waals surface area contributed by atoms with E-state index in [-0.39, 0.29) is 5.56 Å². The van der Waals surface area contributed by atoms with Crippen LogP contribution >= 0.6 is 0 Å². The molecule has 0 saturated heterocycles. The van der Waals surface area contributed by atoms with Crippen molar-refractivity contribution in [3.8, 4) is 0 Å². The Bertz CT molecular complexity index is 652. The first-order chi connectivity index (χ1) is 10.4. The van der Waals surface area contributed by atoms with Gasteiger partial charge in [0.25, 0.3) is 11.8 Å². The summed E-state index contributed by atoms with van der Waals surface area (Å²) < 4.78 is 36.7. The molecule has 2 rings (SSSR count). The van der Waals surface area contributed by atoms with Crippen LogP contribution in [0.5, 0.6) is 0 Å². The first-order valence-corrected chi connectivity index (χ1v) is 8.66. The Morgan fingerprint density at radius 1 is 1.09 bits per heavy atom. The lowest BCUT2D eigenvalue weighted by atomic mass is 10.2. The predicted octanol–water partition coefficient (Wildman–Crippen LogP) is 0.944. The third kappa shape index (κ3) is 4.27. The Hall–Kier alpha value is -1.96. The van der Waals surface area contributed by atoms with Crippen molar-refractivity contribution < 1.29 is 22.4 Å². The normalized spacial score (nSPS) is 15.5. The van der Waals surface area contributed by atoms with Crippen LogP contribution < -0.4 is 10.9 Å². The number of hydrogen-bond acceptors (Lipinski definition) is 4. The van der Waals surface area contributed by atoms with Crippen LogP contribution in [0.2, 0.25) is 0 Å². The van der Waals surface area contributed by atoms with Crippen LogP contribution in [0.4, 0.5) is 4.39 Å². The van der Waals surface area contributed by atoms with Gasteiger partial charge in [0.1, 0.15) is 11.6 Å². The van der Waals surface area contributed by atoms with Gasteiger partial charge in [-0.1, -0.05) is 12.8 Å². The average Bonchev–Trinajstić information content (AvgIpc) is 3.00. The molecule has 0 unspecified atom stereocenters. The molecule has 0 aromatic heterocycles. The van der Waals surface area contributed by atoms with E-state index in [1.807, 2.05) is 0 Å². The number of rotatable bonds is 4. The number of sulfone groups is 1. The fourth-order valence-electron chi connectivity index (χ4n) is 2.38. The summed E-state index contributed by atoms with van der Waals surface area (Å²) >= 11 is 0. The van der Waals surface area contributed by atoms with Crippen molar-refractivity contribution >= 4 is 21.7 Å². The van der Waals surface area contributed by atoms with Crippen molar-refractivity contribution in [2.75, 3.05) is 5.75 Å². The maximum absolute atomic E-state index is 12.7. The summed E-state index contributed by atoms with van der Waals surface area (Å²) in [6.45, 7) is 0. The number of carbonyl (C=O) groups excluding carboxylic acids is 2. The molecule has 1 aromatic carbocycles. The van der Waals surface area contributed by atoms with Gasteiger partial charge in [-0.15, -0.1) is 0 Å². The molecule has 0 bridgehead atoms. The van der Waals surface area contributed by atoms with Crippen LogP contribution in [-0.4, -0.2) is 31.2 Å². The number of amides is 2. The molecule has 2 N–H and O–H groups in total. The zero-order valence-electron chi connectivity index (χ0n) is 11.8. The number of nitrogens with one attached hydrogen (secondary N) is 2. The van der Waals surface area contributed by atoms with Crippen molar-refractivity contribution in [3.63, 3.8) is 0 Å². The Balaban J connectivity index is 1.84. The van der Waals surface area contributed by atoms with Gasteiger partial charge in [0.15, 0.2) is 9.84 Å². The maximum atomic E-state index is 12.7. The fraction of sp³-hybridized carbons (Fsp3) is 0.429. The molecule has 22 heavy (non-hydrogen) atoms. The van der Waals surface area contributed by atoms with E-state index in [1.165, 1.54) is 12.1 Å². The lowest BCUT2D eigenvalue weighted by Crippen LogP contribution is -2.45. The molecule has 0 spiro atoms. The number of halogens is 1. The first-order valence-electron chi connectivity index (χ1n) is 6.95. The Morgan fingerprint density at radius 3 is 2.27 bits per heavy atom. The van der Waals surface area contributed by atoms with Crippen LogP contribution in [-0.2, 0) is 14.6 Å². The highest BCUT2D eigenvalue weighted by molar-refractivity contribution is 7.92. The summed E-state index contributed by atoms with van der Waals surface area (Å²) in [5.41, 5.74) is 4.32. The van der Waals surface area contributed by atoms with Gasteiger partial charge in [-0.2, -0.15) is 0 Å². The molecule has 0 aliphatic heterocycles. The Kier molecular flexibility index (Phi) is 5.12. The molecule has 6 nitrogen and oxygen atoms in total. The predicted molar refractivity (Wildman–Crippen MR) is 78.1 cm³/mol. The van der Waals surface area contributed by atoms with Gasteiger partial charge in [0.2, 0.25) is 0 Å². The highest BCUT2D eigenvalue weighted by Gasteiger charge is 2.30. The van der Waals surface area contributed by atoms with Crippen LogP contribution in [0.15, 0.2) is 24.3 Å². The number of carbonyl (C=O) groups is 2. The Morgan fingerprint density at radius 2 is 1.68 bits per heavy atom. The van der Waals surface area contributed by atoms with Crippen LogP contribution in [0.3, 0.4) is 0 Å². The van der Waals surface area contributed by atoms with E-state index in [1.54, 1.807) is 0 Å². The standard InChI is InChI=1S/C14H17FN2O4S/c15-11-7-5-10(6-8-11)14(19)17-16-13(18)9-22(20,21)12-3-1-2-4-12/h5-8,12H,1-4,9H2,(H,16,18)(H,17,19). The van der Waals surface area contributed by atoms with Crippen molar-refractivity contribution in [1.29, 1.82) is 0 Å². The van der Waals surface area contributed by atoms with Crippen LogP contribution in [0, 0.1) is 5.82 Å². The maximum Gasteiger partial charge on any atom is 0.269 e. The van der Waals surface area contributed by atoms with Crippen molar-refractivity contribution in [2.45, 2.75) is 30.9 Å².